The molecule has 0 saturated carbocycles. The Morgan fingerprint density at radius 2 is 1.48 bits per heavy atom. The van der Waals surface area contributed by atoms with Crippen LogP contribution in [-0.4, -0.2) is 14.7 Å². The number of anilines is 1. The quantitative estimate of drug-likeness (QED) is 0.667. The Kier molecular flexibility index (Phi) is 5.13. The van der Waals surface area contributed by atoms with Crippen LogP contribution in [0.4, 0.5) is 14.5 Å². The second kappa shape index (κ2) is 7.59. The van der Waals surface area contributed by atoms with Crippen molar-refractivity contribution in [1.82, 2.24) is 0 Å². The summed E-state index contributed by atoms with van der Waals surface area (Å²) < 4.78 is 53.3. The molecule has 0 heterocycles. The summed E-state index contributed by atoms with van der Waals surface area (Å²) in [7, 11) is -3.37. The van der Waals surface area contributed by atoms with Crippen molar-refractivity contribution < 1.29 is 17.2 Å². The Balaban J connectivity index is 1.77. The number of halogens is 2. The summed E-state index contributed by atoms with van der Waals surface area (Å²) in [4.78, 5) is 0. The molecule has 4 rings (SSSR count). The van der Waals surface area contributed by atoms with Gasteiger partial charge in [0.05, 0.1) is 6.26 Å². The Morgan fingerprint density at radius 3 is 2.03 bits per heavy atom. The van der Waals surface area contributed by atoms with Crippen LogP contribution in [-0.2, 0) is 29.3 Å². The number of nitrogens with one attached hydrogen (secondary N) is 1. The van der Waals surface area contributed by atoms with Gasteiger partial charge >= 0.3 is 0 Å². The Labute approximate surface area is 169 Å². The molecule has 150 valence electrons. The van der Waals surface area contributed by atoms with Gasteiger partial charge in [0, 0.05) is 11.6 Å². The highest BCUT2D eigenvalue weighted by Gasteiger charge is 2.25. The molecule has 1 N–H and O–H groups in total. The summed E-state index contributed by atoms with van der Waals surface area (Å²) in [5.74, 6) is -0.629. The van der Waals surface area contributed by atoms with E-state index in [0.29, 0.717) is 24.9 Å². The van der Waals surface area contributed by atoms with Gasteiger partial charge in [0.15, 0.2) is 0 Å². The highest BCUT2D eigenvalue weighted by molar-refractivity contribution is 7.92. The molecule has 0 saturated heterocycles. The predicted octanol–water partition coefficient (Wildman–Crippen LogP) is 4.81. The van der Waals surface area contributed by atoms with E-state index in [1.165, 1.54) is 12.1 Å². The maximum Gasteiger partial charge on any atom is 0.229 e. The van der Waals surface area contributed by atoms with Crippen molar-refractivity contribution in [3.05, 3.63) is 100 Å². The van der Waals surface area contributed by atoms with Crippen molar-refractivity contribution in [2.24, 2.45) is 0 Å². The van der Waals surface area contributed by atoms with Gasteiger partial charge in [-0.25, -0.2) is 17.2 Å². The lowest BCUT2D eigenvalue weighted by molar-refractivity contribution is 0.606. The number of sulfonamides is 1. The molecular formula is C23H21F2NO2S. The summed E-state index contributed by atoms with van der Waals surface area (Å²) >= 11 is 0. The van der Waals surface area contributed by atoms with Crippen molar-refractivity contribution in [2.75, 3.05) is 11.0 Å². The van der Waals surface area contributed by atoms with Crippen LogP contribution in [0, 0.1) is 11.6 Å². The first-order valence-electron chi connectivity index (χ1n) is 9.42. The van der Waals surface area contributed by atoms with E-state index in [-0.39, 0.29) is 17.6 Å². The predicted molar refractivity (Wildman–Crippen MR) is 111 cm³/mol. The third-order valence-electron chi connectivity index (χ3n) is 5.29. The van der Waals surface area contributed by atoms with Crippen molar-refractivity contribution in [3.8, 4) is 0 Å². The topological polar surface area (TPSA) is 46.2 Å². The van der Waals surface area contributed by atoms with Gasteiger partial charge in [-0.05, 0) is 83.5 Å². The zero-order valence-electron chi connectivity index (χ0n) is 16.0. The molecular weight excluding hydrogens is 392 g/mol. The lowest BCUT2D eigenvalue weighted by Gasteiger charge is -2.21. The smallest absolute Gasteiger partial charge is 0.229 e. The first kappa shape index (κ1) is 19.6. The van der Waals surface area contributed by atoms with Gasteiger partial charge in [0.25, 0.3) is 0 Å². The first-order valence-corrected chi connectivity index (χ1v) is 11.3. The summed E-state index contributed by atoms with van der Waals surface area (Å²) in [6.07, 6.45) is 3.00. The van der Waals surface area contributed by atoms with Gasteiger partial charge in [-0.3, -0.25) is 4.72 Å². The van der Waals surface area contributed by atoms with Gasteiger partial charge < -0.3 is 0 Å². The van der Waals surface area contributed by atoms with Crippen LogP contribution in [0.1, 0.15) is 33.7 Å². The summed E-state index contributed by atoms with van der Waals surface area (Å²) in [5, 5.41) is 0. The van der Waals surface area contributed by atoms with E-state index >= 15 is 0 Å². The first-order chi connectivity index (χ1) is 13.8. The van der Waals surface area contributed by atoms with Crippen LogP contribution < -0.4 is 4.72 Å². The van der Waals surface area contributed by atoms with E-state index in [9.17, 15) is 17.2 Å². The average Bonchev–Trinajstić information content (AvgIpc) is 2.77. The minimum absolute atomic E-state index is 0.0721. The molecule has 0 fully saturated rings. The highest BCUT2D eigenvalue weighted by atomic mass is 32.2. The molecule has 0 spiro atoms. The molecule has 3 nitrogen and oxygen atoms in total. The number of fused-ring (bicyclic) bond motifs is 2. The average molecular weight is 413 g/mol. The maximum absolute atomic E-state index is 13.9. The molecule has 6 heteroatoms. The van der Waals surface area contributed by atoms with E-state index in [0.717, 1.165) is 34.1 Å². The van der Waals surface area contributed by atoms with Gasteiger partial charge in [0.1, 0.15) is 11.6 Å². The lowest BCUT2D eigenvalue weighted by Crippen LogP contribution is -2.11. The molecule has 0 unspecified atom stereocenters. The maximum atomic E-state index is 13.9. The normalized spacial score (nSPS) is 14.0. The van der Waals surface area contributed by atoms with E-state index in [4.69, 9.17) is 0 Å². The molecule has 1 aliphatic carbocycles. The van der Waals surface area contributed by atoms with E-state index in [1.54, 1.807) is 30.3 Å². The Morgan fingerprint density at radius 1 is 0.897 bits per heavy atom. The largest absolute Gasteiger partial charge is 0.284 e. The SMILES string of the molecule is CS(=O)(=O)Nc1cccc(CC2c3ccc(F)cc3CCc3cc(F)ccc32)c1. The Bertz CT molecular complexity index is 1120. The molecule has 0 bridgehead atoms. The molecule has 0 radical (unpaired) electrons. The number of hydrogen-bond acceptors (Lipinski definition) is 2. The number of hydrogen-bond donors (Lipinski definition) is 1. The monoisotopic (exact) mass is 413 g/mol. The molecule has 0 aliphatic heterocycles. The number of benzene rings is 3. The summed E-state index contributed by atoms with van der Waals surface area (Å²) in [6.45, 7) is 0. The third kappa shape index (κ3) is 4.48. The second-order valence-electron chi connectivity index (χ2n) is 7.52. The van der Waals surface area contributed by atoms with E-state index < -0.39 is 10.0 Å². The summed E-state index contributed by atoms with van der Waals surface area (Å²) in [5.41, 5.74) is 5.35. The molecule has 1 aliphatic rings. The van der Waals surface area contributed by atoms with Crippen LogP contribution in [0.2, 0.25) is 0 Å². The minimum Gasteiger partial charge on any atom is -0.284 e. The zero-order chi connectivity index (χ0) is 20.6. The molecule has 0 atom stereocenters. The van der Waals surface area contributed by atoms with Crippen LogP contribution in [0.25, 0.3) is 0 Å². The van der Waals surface area contributed by atoms with Crippen LogP contribution in [0.5, 0.6) is 0 Å². The van der Waals surface area contributed by atoms with Crippen molar-refractivity contribution in [2.45, 2.75) is 25.2 Å². The van der Waals surface area contributed by atoms with Gasteiger partial charge in [0.2, 0.25) is 10.0 Å². The molecule has 0 amide bonds. The van der Waals surface area contributed by atoms with Crippen molar-refractivity contribution in [3.63, 3.8) is 0 Å². The number of rotatable bonds is 4. The Hall–Kier alpha value is -2.73. The van der Waals surface area contributed by atoms with Crippen molar-refractivity contribution >= 4 is 15.7 Å². The molecule has 29 heavy (non-hydrogen) atoms. The minimum atomic E-state index is -3.37. The van der Waals surface area contributed by atoms with Gasteiger partial charge in [-0.15, -0.1) is 0 Å². The third-order valence-corrected chi connectivity index (χ3v) is 5.90. The fourth-order valence-electron chi connectivity index (χ4n) is 4.13. The van der Waals surface area contributed by atoms with Crippen LogP contribution in [0.15, 0.2) is 60.7 Å². The van der Waals surface area contributed by atoms with Gasteiger partial charge in [-0.1, -0.05) is 24.3 Å². The molecule has 0 aromatic heterocycles. The lowest BCUT2D eigenvalue weighted by atomic mass is 9.83. The standard InChI is InChI=1S/C23H21F2NO2S/c1-29(27,28)26-20-4-2-3-15(11-20)12-23-21-9-7-18(24)13-16(21)5-6-17-14-19(25)8-10-22(17)23/h2-4,7-11,13-14,23,26H,5-6,12H2,1H3. The second-order valence-corrected chi connectivity index (χ2v) is 9.27. The van der Waals surface area contributed by atoms with E-state index in [1.807, 2.05) is 18.2 Å². The highest BCUT2D eigenvalue weighted by Crippen LogP contribution is 2.37. The fraction of sp³-hybridized carbons (Fsp3) is 0.217. The van der Waals surface area contributed by atoms with E-state index in [2.05, 4.69) is 4.72 Å². The van der Waals surface area contributed by atoms with Gasteiger partial charge in [-0.2, -0.15) is 0 Å². The molecule has 3 aromatic rings. The van der Waals surface area contributed by atoms with Crippen molar-refractivity contribution in [1.29, 1.82) is 0 Å². The zero-order valence-corrected chi connectivity index (χ0v) is 16.8. The molecule has 3 aromatic carbocycles. The van der Waals surface area contributed by atoms with Crippen LogP contribution in [0.3, 0.4) is 0 Å². The fourth-order valence-corrected chi connectivity index (χ4v) is 4.69. The summed E-state index contributed by atoms with van der Waals surface area (Å²) in [6, 6.07) is 16.9. The van der Waals surface area contributed by atoms with Crippen LogP contribution >= 0.6 is 0 Å². The number of aryl methyl sites for hydroxylation is 2.